The Morgan fingerprint density at radius 1 is 1.12 bits per heavy atom. The lowest BCUT2D eigenvalue weighted by molar-refractivity contribution is 0.102. The SMILES string of the molecule is CCOc1ccc(C(C)C(O)C(C)C)cc1. The summed E-state index contributed by atoms with van der Waals surface area (Å²) in [4.78, 5) is 0. The molecule has 0 heterocycles. The molecule has 0 aromatic heterocycles. The van der Waals surface area contributed by atoms with Gasteiger partial charge in [-0.1, -0.05) is 32.9 Å². The first kappa shape index (κ1) is 13.0. The highest BCUT2D eigenvalue weighted by Crippen LogP contribution is 2.25. The van der Waals surface area contributed by atoms with Crippen molar-refractivity contribution >= 4 is 0 Å². The fraction of sp³-hybridized carbons (Fsp3) is 0.571. The first-order valence-electron chi connectivity index (χ1n) is 5.97. The number of aliphatic hydroxyl groups excluding tert-OH is 1. The molecule has 0 bridgehead atoms. The molecule has 2 atom stereocenters. The Morgan fingerprint density at radius 2 is 1.69 bits per heavy atom. The fourth-order valence-corrected chi connectivity index (χ4v) is 1.81. The zero-order valence-corrected chi connectivity index (χ0v) is 10.6. The Kier molecular flexibility index (Phi) is 4.81. The van der Waals surface area contributed by atoms with Gasteiger partial charge in [0.2, 0.25) is 0 Å². The van der Waals surface area contributed by atoms with Gasteiger partial charge in [0.15, 0.2) is 0 Å². The van der Waals surface area contributed by atoms with Crippen molar-refractivity contribution in [3.63, 3.8) is 0 Å². The third-order valence-electron chi connectivity index (χ3n) is 2.91. The van der Waals surface area contributed by atoms with Crippen LogP contribution in [-0.4, -0.2) is 17.8 Å². The van der Waals surface area contributed by atoms with E-state index in [1.165, 1.54) is 0 Å². The van der Waals surface area contributed by atoms with Crippen LogP contribution in [0.15, 0.2) is 24.3 Å². The Balaban J connectivity index is 2.73. The number of hydrogen-bond acceptors (Lipinski definition) is 2. The molecular formula is C14H22O2. The van der Waals surface area contributed by atoms with Crippen LogP contribution in [0.1, 0.15) is 39.2 Å². The van der Waals surface area contributed by atoms with Crippen LogP contribution in [0.4, 0.5) is 0 Å². The molecule has 1 rings (SSSR count). The van der Waals surface area contributed by atoms with Crippen LogP contribution in [0, 0.1) is 5.92 Å². The van der Waals surface area contributed by atoms with Crippen molar-refractivity contribution in [2.75, 3.05) is 6.61 Å². The molecule has 0 amide bonds. The lowest BCUT2D eigenvalue weighted by atomic mass is 9.89. The summed E-state index contributed by atoms with van der Waals surface area (Å²) in [5.41, 5.74) is 1.16. The Labute approximate surface area is 98.3 Å². The van der Waals surface area contributed by atoms with Crippen molar-refractivity contribution < 1.29 is 9.84 Å². The van der Waals surface area contributed by atoms with Crippen LogP contribution in [0.5, 0.6) is 5.75 Å². The van der Waals surface area contributed by atoms with Crippen molar-refractivity contribution in [1.29, 1.82) is 0 Å². The van der Waals surface area contributed by atoms with E-state index in [9.17, 15) is 5.11 Å². The molecule has 0 fully saturated rings. The first-order valence-corrected chi connectivity index (χ1v) is 5.97. The van der Waals surface area contributed by atoms with Gasteiger partial charge in [0.25, 0.3) is 0 Å². The lowest BCUT2D eigenvalue weighted by Gasteiger charge is -2.22. The molecule has 1 N–H and O–H groups in total. The van der Waals surface area contributed by atoms with Crippen molar-refractivity contribution in [2.24, 2.45) is 5.92 Å². The van der Waals surface area contributed by atoms with Crippen molar-refractivity contribution in [2.45, 2.75) is 39.7 Å². The first-order chi connectivity index (χ1) is 7.56. The third-order valence-corrected chi connectivity index (χ3v) is 2.91. The van der Waals surface area contributed by atoms with Crippen LogP contribution in [0.2, 0.25) is 0 Å². The highest BCUT2D eigenvalue weighted by atomic mass is 16.5. The van der Waals surface area contributed by atoms with Crippen LogP contribution < -0.4 is 4.74 Å². The number of aliphatic hydroxyl groups is 1. The molecule has 0 saturated heterocycles. The number of benzene rings is 1. The van der Waals surface area contributed by atoms with E-state index >= 15 is 0 Å². The van der Waals surface area contributed by atoms with Gasteiger partial charge in [-0.3, -0.25) is 0 Å². The quantitative estimate of drug-likeness (QED) is 0.829. The van der Waals surface area contributed by atoms with E-state index in [0.29, 0.717) is 6.61 Å². The molecule has 0 spiro atoms. The molecule has 2 nitrogen and oxygen atoms in total. The standard InChI is InChI=1S/C14H22O2/c1-5-16-13-8-6-12(7-9-13)11(4)14(15)10(2)3/h6-11,14-15H,5H2,1-4H3. The van der Waals surface area contributed by atoms with Gasteiger partial charge in [-0.05, 0) is 30.5 Å². The smallest absolute Gasteiger partial charge is 0.119 e. The van der Waals surface area contributed by atoms with E-state index in [2.05, 4.69) is 6.92 Å². The summed E-state index contributed by atoms with van der Waals surface area (Å²) in [7, 11) is 0. The van der Waals surface area contributed by atoms with Gasteiger partial charge in [-0.2, -0.15) is 0 Å². The summed E-state index contributed by atoms with van der Waals surface area (Å²) in [5, 5.41) is 9.99. The molecule has 0 aliphatic rings. The number of hydrogen-bond donors (Lipinski definition) is 1. The van der Waals surface area contributed by atoms with Crippen LogP contribution in [0.25, 0.3) is 0 Å². The molecule has 90 valence electrons. The average molecular weight is 222 g/mol. The average Bonchev–Trinajstić information content (AvgIpc) is 2.28. The van der Waals surface area contributed by atoms with Crippen molar-refractivity contribution in [1.82, 2.24) is 0 Å². The fourth-order valence-electron chi connectivity index (χ4n) is 1.81. The third kappa shape index (κ3) is 3.24. The van der Waals surface area contributed by atoms with E-state index in [0.717, 1.165) is 11.3 Å². The van der Waals surface area contributed by atoms with E-state index < -0.39 is 0 Å². The van der Waals surface area contributed by atoms with Gasteiger partial charge >= 0.3 is 0 Å². The van der Waals surface area contributed by atoms with E-state index in [-0.39, 0.29) is 17.9 Å². The molecule has 2 heteroatoms. The Bertz CT molecular complexity index is 303. The molecule has 0 saturated carbocycles. The molecule has 1 aromatic carbocycles. The summed E-state index contributed by atoms with van der Waals surface area (Å²) >= 11 is 0. The summed E-state index contributed by atoms with van der Waals surface area (Å²) < 4.78 is 5.39. The maximum atomic E-state index is 9.99. The number of rotatable bonds is 5. The predicted molar refractivity (Wildman–Crippen MR) is 66.9 cm³/mol. The van der Waals surface area contributed by atoms with Gasteiger partial charge in [0.1, 0.15) is 5.75 Å². The molecular weight excluding hydrogens is 200 g/mol. The minimum absolute atomic E-state index is 0.163. The summed E-state index contributed by atoms with van der Waals surface area (Å²) in [6, 6.07) is 7.98. The van der Waals surface area contributed by atoms with Crippen LogP contribution in [0.3, 0.4) is 0 Å². The second kappa shape index (κ2) is 5.90. The molecule has 16 heavy (non-hydrogen) atoms. The molecule has 1 aromatic rings. The summed E-state index contributed by atoms with van der Waals surface area (Å²) in [6.45, 7) is 8.79. The Hall–Kier alpha value is -1.02. The predicted octanol–water partition coefficient (Wildman–Crippen LogP) is 3.21. The molecule has 0 aliphatic carbocycles. The van der Waals surface area contributed by atoms with Gasteiger partial charge in [0, 0.05) is 5.92 Å². The molecule has 0 radical (unpaired) electrons. The largest absolute Gasteiger partial charge is 0.494 e. The van der Waals surface area contributed by atoms with Gasteiger partial charge in [-0.25, -0.2) is 0 Å². The van der Waals surface area contributed by atoms with Crippen LogP contribution in [-0.2, 0) is 0 Å². The summed E-state index contributed by atoms with van der Waals surface area (Å²) in [5.74, 6) is 1.33. The monoisotopic (exact) mass is 222 g/mol. The van der Waals surface area contributed by atoms with E-state index in [1.54, 1.807) is 0 Å². The maximum Gasteiger partial charge on any atom is 0.119 e. The topological polar surface area (TPSA) is 29.5 Å². The second-order valence-corrected chi connectivity index (χ2v) is 4.53. The van der Waals surface area contributed by atoms with Crippen molar-refractivity contribution in [3.05, 3.63) is 29.8 Å². The van der Waals surface area contributed by atoms with Gasteiger partial charge in [-0.15, -0.1) is 0 Å². The zero-order valence-electron chi connectivity index (χ0n) is 10.6. The minimum Gasteiger partial charge on any atom is -0.494 e. The number of ether oxygens (including phenoxy) is 1. The normalized spacial score (nSPS) is 14.9. The summed E-state index contributed by atoms with van der Waals surface area (Å²) in [6.07, 6.45) is -0.294. The van der Waals surface area contributed by atoms with E-state index in [1.807, 2.05) is 45.0 Å². The maximum absolute atomic E-state index is 9.99. The van der Waals surface area contributed by atoms with Crippen LogP contribution >= 0.6 is 0 Å². The minimum atomic E-state index is -0.294. The lowest BCUT2D eigenvalue weighted by Crippen LogP contribution is -2.21. The zero-order chi connectivity index (χ0) is 12.1. The second-order valence-electron chi connectivity index (χ2n) is 4.53. The van der Waals surface area contributed by atoms with E-state index in [4.69, 9.17) is 4.74 Å². The Morgan fingerprint density at radius 3 is 2.12 bits per heavy atom. The molecule has 2 unspecified atom stereocenters. The van der Waals surface area contributed by atoms with Crippen molar-refractivity contribution in [3.8, 4) is 5.75 Å². The molecule has 0 aliphatic heterocycles. The highest BCUT2D eigenvalue weighted by Gasteiger charge is 2.19. The highest BCUT2D eigenvalue weighted by molar-refractivity contribution is 5.29. The van der Waals surface area contributed by atoms with Gasteiger partial charge < -0.3 is 9.84 Å². The van der Waals surface area contributed by atoms with Gasteiger partial charge in [0.05, 0.1) is 12.7 Å².